The van der Waals surface area contributed by atoms with Crippen molar-refractivity contribution in [2.24, 2.45) is 0 Å². The molecule has 1 aliphatic rings. The van der Waals surface area contributed by atoms with Gasteiger partial charge in [0.25, 0.3) is 0 Å². The Labute approximate surface area is 176 Å². The zero-order chi connectivity index (χ0) is 21.5. The lowest BCUT2D eigenvalue weighted by atomic mass is 10.0. The monoisotopic (exact) mass is 413 g/mol. The normalized spacial score (nSPS) is 18.4. The Balaban J connectivity index is 1.68. The molecule has 1 heterocycles. The second-order valence-corrected chi connectivity index (χ2v) is 7.18. The molecule has 0 bridgehead atoms. The van der Waals surface area contributed by atoms with E-state index in [1.54, 1.807) is 23.1 Å². The van der Waals surface area contributed by atoms with Crippen molar-refractivity contribution in [2.75, 3.05) is 20.8 Å². The molecule has 0 saturated carbocycles. The van der Waals surface area contributed by atoms with Gasteiger partial charge in [0.1, 0.15) is 29.8 Å². The van der Waals surface area contributed by atoms with E-state index in [0.29, 0.717) is 18.0 Å². The second-order valence-electron chi connectivity index (χ2n) is 7.18. The second kappa shape index (κ2) is 10.0. The summed E-state index contributed by atoms with van der Waals surface area (Å²) in [7, 11) is 2.80. The molecule has 1 amide bonds. The summed E-state index contributed by atoms with van der Waals surface area (Å²) in [5.41, 5.74) is 1.17. The zero-order valence-electron chi connectivity index (χ0n) is 17.5. The molecule has 1 aliphatic heterocycles. The number of esters is 1. The van der Waals surface area contributed by atoms with Crippen LogP contribution < -0.4 is 9.47 Å². The van der Waals surface area contributed by atoms with E-state index < -0.39 is 5.97 Å². The third-order valence-corrected chi connectivity index (χ3v) is 5.17. The highest BCUT2D eigenvalue weighted by Crippen LogP contribution is 2.31. The lowest BCUT2D eigenvalue weighted by Crippen LogP contribution is -2.49. The largest absolute Gasteiger partial charge is 0.496 e. The fourth-order valence-electron chi connectivity index (χ4n) is 3.49. The van der Waals surface area contributed by atoms with Crippen molar-refractivity contribution in [1.82, 2.24) is 4.90 Å². The first kappa shape index (κ1) is 21.5. The van der Waals surface area contributed by atoms with Gasteiger partial charge in [0.2, 0.25) is 0 Å². The molecular formula is C23H27NO6. The number of benzene rings is 2. The zero-order valence-corrected chi connectivity index (χ0v) is 17.5. The highest BCUT2D eigenvalue weighted by Gasteiger charge is 2.32. The van der Waals surface area contributed by atoms with E-state index in [4.69, 9.17) is 18.9 Å². The smallest absolute Gasteiger partial charge is 0.410 e. The van der Waals surface area contributed by atoms with Crippen LogP contribution in [-0.4, -0.2) is 49.9 Å². The summed E-state index contributed by atoms with van der Waals surface area (Å²) in [4.78, 5) is 26.6. The molecule has 7 nitrogen and oxygen atoms in total. The van der Waals surface area contributed by atoms with Gasteiger partial charge in [-0.25, -0.2) is 9.59 Å². The average Bonchev–Trinajstić information content (AvgIpc) is 2.78. The highest BCUT2D eigenvalue weighted by molar-refractivity contribution is 5.95. The van der Waals surface area contributed by atoms with Gasteiger partial charge in [-0.1, -0.05) is 36.4 Å². The Morgan fingerprint density at radius 1 is 1.00 bits per heavy atom. The van der Waals surface area contributed by atoms with Gasteiger partial charge >= 0.3 is 12.1 Å². The minimum absolute atomic E-state index is 0.0403. The maximum Gasteiger partial charge on any atom is 0.410 e. The van der Waals surface area contributed by atoms with Gasteiger partial charge in [-0.2, -0.15) is 0 Å². The van der Waals surface area contributed by atoms with Crippen molar-refractivity contribution in [3.63, 3.8) is 0 Å². The predicted molar refractivity (Wildman–Crippen MR) is 111 cm³/mol. The summed E-state index contributed by atoms with van der Waals surface area (Å²) in [5.74, 6) is 0.215. The first-order chi connectivity index (χ1) is 14.5. The Morgan fingerprint density at radius 3 is 2.43 bits per heavy atom. The van der Waals surface area contributed by atoms with Crippen LogP contribution in [0, 0.1) is 0 Å². The van der Waals surface area contributed by atoms with Gasteiger partial charge in [-0.05, 0) is 37.5 Å². The Bertz CT molecular complexity index is 869. The molecule has 2 unspecified atom stereocenters. The van der Waals surface area contributed by atoms with Crippen LogP contribution >= 0.6 is 0 Å². The van der Waals surface area contributed by atoms with Crippen LogP contribution in [0.4, 0.5) is 4.79 Å². The van der Waals surface area contributed by atoms with Crippen molar-refractivity contribution < 1.29 is 28.5 Å². The van der Waals surface area contributed by atoms with E-state index in [0.717, 1.165) is 18.4 Å². The van der Waals surface area contributed by atoms with E-state index >= 15 is 0 Å². The molecule has 0 radical (unpaired) electrons. The number of carbonyl (C=O) groups is 2. The number of hydrogen-bond acceptors (Lipinski definition) is 6. The summed E-state index contributed by atoms with van der Waals surface area (Å²) < 4.78 is 21.8. The Morgan fingerprint density at radius 2 is 1.73 bits per heavy atom. The third-order valence-electron chi connectivity index (χ3n) is 5.17. The molecule has 7 heteroatoms. The number of amides is 1. The average molecular weight is 413 g/mol. The predicted octanol–water partition coefficient (Wildman–Crippen LogP) is 4.05. The lowest BCUT2D eigenvalue weighted by Gasteiger charge is -2.37. The molecule has 1 saturated heterocycles. The van der Waals surface area contributed by atoms with Gasteiger partial charge < -0.3 is 23.8 Å². The van der Waals surface area contributed by atoms with E-state index in [9.17, 15) is 9.59 Å². The SMILES string of the molecule is COC(=O)c1c(OC)cccc1OC1CCC(C)N(C(=O)OCc2ccccc2)C1. The van der Waals surface area contributed by atoms with Crippen molar-refractivity contribution in [3.8, 4) is 11.5 Å². The third kappa shape index (κ3) is 5.03. The fraction of sp³-hybridized carbons (Fsp3) is 0.391. The molecule has 1 fully saturated rings. The molecule has 30 heavy (non-hydrogen) atoms. The summed E-state index contributed by atoms with van der Waals surface area (Å²) >= 11 is 0. The maximum atomic E-state index is 12.7. The number of nitrogens with zero attached hydrogens (tertiary/aromatic N) is 1. The molecule has 0 spiro atoms. The highest BCUT2D eigenvalue weighted by atomic mass is 16.6. The van der Waals surface area contributed by atoms with E-state index in [2.05, 4.69) is 0 Å². The van der Waals surface area contributed by atoms with Gasteiger partial charge in [0.15, 0.2) is 0 Å². The molecule has 3 rings (SSSR count). The van der Waals surface area contributed by atoms with Crippen molar-refractivity contribution >= 4 is 12.1 Å². The lowest BCUT2D eigenvalue weighted by molar-refractivity contribution is 0.0324. The molecule has 0 N–H and O–H groups in total. The number of carbonyl (C=O) groups excluding carboxylic acids is 2. The maximum absolute atomic E-state index is 12.7. The van der Waals surface area contributed by atoms with Crippen LogP contribution in [-0.2, 0) is 16.1 Å². The number of ether oxygens (including phenoxy) is 4. The first-order valence-corrected chi connectivity index (χ1v) is 9.92. The van der Waals surface area contributed by atoms with Gasteiger partial charge in [-0.3, -0.25) is 0 Å². The number of piperidine rings is 1. The Hall–Kier alpha value is -3.22. The first-order valence-electron chi connectivity index (χ1n) is 9.92. The summed E-state index contributed by atoms with van der Waals surface area (Å²) in [6.45, 7) is 2.58. The van der Waals surface area contributed by atoms with Gasteiger partial charge in [-0.15, -0.1) is 0 Å². The standard InChI is InChI=1S/C23H27NO6/c1-16-12-13-18(14-24(16)23(26)29-15-17-8-5-4-6-9-17)30-20-11-7-10-19(27-2)21(20)22(25)28-3/h4-11,16,18H,12-15H2,1-3H3. The van der Waals surface area contributed by atoms with Crippen LogP contribution in [0.15, 0.2) is 48.5 Å². The summed E-state index contributed by atoms with van der Waals surface area (Å²) in [6.07, 6.45) is 0.865. The van der Waals surface area contributed by atoms with Crippen LogP contribution in [0.5, 0.6) is 11.5 Å². The Kier molecular flexibility index (Phi) is 7.17. The van der Waals surface area contributed by atoms with Crippen molar-refractivity contribution in [3.05, 3.63) is 59.7 Å². The van der Waals surface area contributed by atoms with E-state index in [-0.39, 0.29) is 30.4 Å². The molecular weight excluding hydrogens is 386 g/mol. The van der Waals surface area contributed by atoms with E-state index in [1.165, 1.54) is 14.2 Å². The minimum Gasteiger partial charge on any atom is -0.496 e. The number of likely N-dealkylation sites (tertiary alicyclic amines) is 1. The molecule has 160 valence electrons. The quantitative estimate of drug-likeness (QED) is 0.665. The molecule has 2 aromatic rings. The van der Waals surface area contributed by atoms with Crippen LogP contribution in [0.25, 0.3) is 0 Å². The number of methoxy groups -OCH3 is 2. The molecule has 0 aromatic heterocycles. The number of rotatable bonds is 6. The van der Waals surface area contributed by atoms with E-state index in [1.807, 2.05) is 37.3 Å². The molecule has 2 aromatic carbocycles. The van der Waals surface area contributed by atoms with Crippen LogP contribution in [0.1, 0.15) is 35.7 Å². The van der Waals surface area contributed by atoms with Crippen molar-refractivity contribution in [1.29, 1.82) is 0 Å². The number of hydrogen-bond donors (Lipinski definition) is 0. The van der Waals surface area contributed by atoms with Gasteiger partial charge in [0.05, 0.1) is 20.8 Å². The fourth-order valence-corrected chi connectivity index (χ4v) is 3.49. The van der Waals surface area contributed by atoms with Crippen LogP contribution in [0.3, 0.4) is 0 Å². The van der Waals surface area contributed by atoms with Crippen molar-refractivity contribution in [2.45, 2.75) is 38.5 Å². The molecule has 2 atom stereocenters. The minimum atomic E-state index is -0.536. The summed E-state index contributed by atoms with van der Waals surface area (Å²) in [6, 6.07) is 14.7. The topological polar surface area (TPSA) is 74.3 Å². The molecule has 0 aliphatic carbocycles. The van der Waals surface area contributed by atoms with Gasteiger partial charge in [0, 0.05) is 6.04 Å². The summed E-state index contributed by atoms with van der Waals surface area (Å²) in [5, 5.41) is 0. The van der Waals surface area contributed by atoms with Crippen LogP contribution in [0.2, 0.25) is 0 Å².